The molecule has 0 aliphatic rings. The molecule has 1 heteroatoms. The first-order valence-corrected chi connectivity index (χ1v) is 3.41. The molecule has 0 aromatic heterocycles. The van der Waals surface area contributed by atoms with E-state index in [0.717, 1.165) is 13.2 Å². The molecule has 0 atom stereocenters. The molecule has 0 saturated heterocycles. The number of hydrogen-bond acceptors (Lipinski definition) is 1. The Bertz CT molecular complexity index is 19.2. The highest BCUT2D eigenvalue weighted by Crippen LogP contribution is 1.64. The topological polar surface area (TPSA) is 9.23 Å². The van der Waals surface area contributed by atoms with Gasteiger partial charge in [0.1, 0.15) is 0 Å². The van der Waals surface area contributed by atoms with Crippen molar-refractivity contribution in [2.24, 2.45) is 0 Å². The first kappa shape index (κ1) is 66.0. The minimum atomic E-state index is 0. The first-order chi connectivity index (χ1) is 3.83. The van der Waals surface area contributed by atoms with Crippen LogP contribution in [0.5, 0.6) is 0 Å². The molecular weight excluding hydrogens is 172 g/mol. The lowest BCUT2D eigenvalue weighted by Crippen LogP contribution is -1.84. The summed E-state index contributed by atoms with van der Waals surface area (Å²) in [4.78, 5) is 0. The third kappa shape index (κ3) is 374. The Hall–Kier alpha value is -0.0400. The molecular formula is C13H42O. The van der Waals surface area contributed by atoms with Gasteiger partial charge in [0, 0.05) is 13.2 Å². The lowest BCUT2D eigenvalue weighted by molar-refractivity contribution is 0.162. The maximum atomic E-state index is 4.83. The molecule has 1 nitrogen and oxygen atoms in total. The van der Waals surface area contributed by atoms with E-state index in [4.69, 9.17) is 4.74 Å². The zero-order valence-electron chi connectivity index (χ0n) is 6.53. The van der Waals surface area contributed by atoms with E-state index in [-0.39, 0.29) is 44.6 Å². The second kappa shape index (κ2) is 118. The Morgan fingerprint density at radius 3 is 0.714 bits per heavy atom. The summed E-state index contributed by atoms with van der Waals surface area (Å²) < 4.78 is 4.83. The summed E-state index contributed by atoms with van der Waals surface area (Å²) in [5, 5.41) is 0. The fourth-order valence-electron chi connectivity index (χ4n) is 0.204. The van der Waals surface area contributed by atoms with E-state index in [0.29, 0.717) is 0 Å². The highest BCUT2D eigenvalue weighted by atomic mass is 16.5. The number of rotatable bonds is 2. The summed E-state index contributed by atoms with van der Waals surface area (Å²) in [6.07, 6.45) is 1.25. The van der Waals surface area contributed by atoms with Crippen molar-refractivity contribution in [3.05, 3.63) is 0 Å². The maximum Gasteiger partial charge on any atom is 0.0437 e. The van der Waals surface area contributed by atoms with Gasteiger partial charge in [-0.05, 0) is 13.8 Å². The number of hydrogen-bond donors (Lipinski definition) is 0. The van der Waals surface area contributed by atoms with Crippen LogP contribution < -0.4 is 0 Å². The van der Waals surface area contributed by atoms with Gasteiger partial charge < -0.3 is 4.74 Å². The van der Waals surface area contributed by atoms with Crippen molar-refractivity contribution < 1.29 is 4.74 Å². The monoisotopic (exact) mass is 214 g/mol. The van der Waals surface area contributed by atoms with Crippen molar-refractivity contribution in [3.8, 4) is 0 Å². The van der Waals surface area contributed by atoms with Gasteiger partial charge in [-0.3, -0.25) is 0 Å². The van der Waals surface area contributed by atoms with Crippen LogP contribution in [0.2, 0.25) is 0 Å². The van der Waals surface area contributed by atoms with Gasteiger partial charge in [0.2, 0.25) is 0 Å². The molecule has 0 aromatic rings. The van der Waals surface area contributed by atoms with Crippen molar-refractivity contribution >= 4 is 0 Å². The van der Waals surface area contributed by atoms with Crippen LogP contribution in [0.25, 0.3) is 0 Å². The van der Waals surface area contributed by atoms with Crippen LogP contribution in [0.3, 0.4) is 0 Å². The SMILES string of the molecule is C.C.C.C.C.C.CCC.CCOCC. The molecule has 0 aliphatic carbocycles. The van der Waals surface area contributed by atoms with E-state index >= 15 is 0 Å². The van der Waals surface area contributed by atoms with E-state index in [1.165, 1.54) is 6.42 Å². The van der Waals surface area contributed by atoms with Crippen molar-refractivity contribution in [2.75, 3.05) is 13.2 Å². The van der Waals surface area contributed by atoms with Crippen LogP contribution in [0, 0.1) is 0 Å². The maximum absolute atomic E-state index is 4.83. The predicted octanol–water partition coefficient (Wildman–Crippen LogP) is 6.28. The second-order valence-electron chi connectivity index (χ2n) is 1.49. The van der Waals surface area contributed by atoms with Gasteiger partial charge in [0.15, 0.2) is 0 Å². The Balaban J connectivity index is -0.00000000626. The molecule has 100 valence electrons. The molecule has 0 aliphatic heterocycles. The van der Waals surface area contributed by atoms with E-state index < -0.39 is 0 Å². The minimum Gasteiger partial charge on any atom is -0.382 e. The fourth-order valence-corrected chi connectivity index (χ4v) is 0.204. The van der Waals surface area contributed by atoms with Crippen molar-refractivity contribution in [1.29, 1.82) is 0 Å². The van der Waals surface area contributed by atoms with E-state index in [1.54, 1.807) is 0 Å². The van der Waals surface area contributed by atoms with E-state index in [1.807, 2.05) is 13.8 Å². The Kier molecular flexibility index (Phi) is 557. The smallest absolute Gasteiger partial charge is 0.0437 e. The lowest BCUT2D eigenvalue weighted by Gasteiger charge is -1.86. The highest BCUT2D eigenvalue weighted by molar-refractivity contribution is 4.07. The molecule has 0 N–H and O–H groups in total. The standard InChI is InChI=1S/C4H10O.C3H8.6CH4/c1-3-5-4-2;1-3-2;;;;;;/h3-4H2,1-2H3;3H2,1-2H3;6*1H4. The molecule has 0 rings (SSSR count). The molecule has 0 saturated carbocycles. The van der Waals surface area contributed by atoms with Crippen LogP contribution in [-0.2, 0) is 4.74 Å². The normalized spacial score (nSPS) is 4.29. The van der Waals surface area contributed by atoms with Gasteiger partial charge in [-0.1, -0.05) is 64.8 Å². The summed E-state index contributed by atoms with van der Waals surface area (Å²) >= 11 is 0. The summed E-state index contributed by atoms with van der Waals surface area (Å²) in [7, 11) is 0. The third-order valence-electron chi connectivity index (χ3n) is 0.408. The van der Waals surface area contributed by atoms with Gasteiger partial charge in [-0.25, -0.2) is 0 Å². The molecule has 0 aromatic carbocycles. The first-order valence-electron chi connectivity index (χ1n) is 3.41. The molecule has 0 heterocycles. The lowest BCUT2D eigenvalue weighted by atomic mass is 10.6. The average Bonchev–Trinajstić information content (AvgIpc) is 1.71. The van der Waals surface area contributed by atoms with Crippen LogP contribution in [0.15, 0.2) is 0 Å². The van der Waals surface area contributed by atoms with Gasteiger partial charge in [0.25, 0.3) is 0 Å². The molecule has 0 fully saturated rings. The van der Waals surface area contributed by atoms with Crippen LogP contribution in [0.1, 0.15) is 78.7 Å². The Morgan fingerprint density at radius 2 is 0.714 bits per heavy atom. The van der Waals surface area contributed by atoms with Crippen molar-refractivity contribution in [3.63, 3.8) is 0 Å². The predicted molar refractivity (Wildman–Crippen MR) is 78.5 cm³/mol. The Labute approximate surface area is 97.3 Å². The molecule has 0 radical (unpaired) electrons. The van der Waals surface area contributed by atoms with Gasteiger partial charge in [0.05, 0.1) is 0 Å². The van der Waals surface area contributed by atoms with Crippen LogP contribution in [-0.4, -0.2) is 13.2 Å². The largest absolute Gasteiger partial charge is 0.382 e. The molecule has 0 unspecified atom stereocenters. The zero-order chi connectivity index (χ0) is 6.83. The molecule has 0 bridgehead atoms. The number of ether oxygens (including phenoxy) is 1. The molecule has 14 heavy (non-hydrogen) atoms. The van der Waals surface area contributed by atoms with E-state index in [9.17, 15) is 0 Å². The van der Waals surface area contributed by atoms with E-state index in [2.05, 4.69) is 13.8 Å². The third-order valence-corrected chi connectivity index (χ3v) is 0.408. The quantitative estimate of drug-likeness (QED) is 0.526. The molecule has 0 spiro atoms. The van der Waals surface area contributed by atoms with Gasteiger partial charge >= 0.3 is 0 Å². The second-order valence-corrected chi connectivity index (χ2v) is 1.49. The highest BCUT2D eigenvalue weighted by Gasteiger charge is 1.64. The van der Waals surface area contributed by atoms with Crippen molar-refractivity contribution in [1.82, 2.24) is 0 Å². The van der Waals surface area contributed by atoms with Gasteiger partial charge in [-0.2, -0.15) is 0 Å². The minimum absolute atomic E-state index is 0. The van der Waals surface area contributed by atoms with Crippen molar-refractivity contribution in [2.45, 2.75) is 78.7 Å². The fraction of sp³-hybridized carbons (Fsp3) is 1.00. The Morgan fingerprint density at radius 1 is 0.571 bits per heavy atom. The molecule has 0 amide bonds. The summed E-state index contributed by atoms with van der Waals surface area (Å²) in [6.45, 7) is 9.92. The summed E-state index contributed by atoms with van der Waals surface area (Å²) in [5.41, 5.74) is 0. The summed E-state index contributed by atoms with van der Waals surface area (Å²) in [6, 6.07) is 0. The van der Waals surface area contributed by atoms with Gasteiger partial charge in [-0.15, -0.1) is 0 Å². The van der Waals surface area contributed by atoms with Crippen LogP contribution >= 0.6 is 0 Å². The summed E-state index contributed by atoms with van der Waals surface area (Å²) in [5.74, 6) is 0. The zero-order valence-corrected chi connectivity index (χ0v) is 6.53. The average molecular weight is 214 g/mol. The van der Waals surface area contributed by atoms with Crippen LogP contribution in [0.4, 0.5) is 0 Å².